The normalized spacial score (nSPS) is 16.3. The Hall–Kier alpha value is -1.44. The van der Waals surface area contributed by atoms with Crippen LogP contribution in [0.4, 0.5) is 5.00 Å². The third-order valence-electron chi connectivity index (χ3n) is 3.84. The van der Waals surface area contributed by atoms with Gasteiger partial charge in [0.15, 0.2) is 0 Å². The monoisotopic (exact) mass is 339 g/mol. The van der Waals surface area contributed by atoms with Crippen LogP contribution < -0.4 is 5.32 Å². The second-order valence-corrected chi connectivity index (χ2v) is 6.79. The molecule has 0 unspecified atom stereocenters. The molecule has 1 aromatic rings. The van der Waals surface area contributed by atoms with E-state index in [2.05, 4.69) is 22.2 Å². The fraction of sp³-hybridized carbons (Fsp3) is 0.625. The zero-order valence-electron chi connectivity index (χ0n) is 14.1. The van der Waals surface area contributed by atoms with Gasteiger partial charge in [0, 0.05) is 31.1 Å². The fourth-order valence-corrected chi connectivity index (χ4v) is 3.45. The SMILES string of the molecule is CCOC(=O)c1cc(CC)sc1NC(=O)CN1CCN(C)CC1. The highest BCUT2D eigenvalue weighted by Crippen LogP contribution is 2.29. The summed E-state index contributed by atoms with van der Waals surface area (Å²) in [5.74, 6) is -0.456. The van der Waals surface area contributed by atoms with Crippen molar-refractivity contribution in [1.82, 2.24) is 9.80 Å². The predicted octanol–water partition coefficient (Wildman–Crippen LogP) is 1.67. The number of carbonyl (C=O) groups is 2. The average Bonchev–Trinajstić information content (AvgIpc) is 2.93. The number of thiophene rings is 1. The van der Waals surface area contributed by atoms with Gasteiger partial charge in [-0.25, -0.2) is 4.79 Å². The van der Waals surface area contributed by atoms with Crippen LogP contribution >= 0.6 is 11.3 Å². The van der Waals surface area contributed by atoms with E-state index in [1.165, 1.54) is 11.3 Å². The molecule has 7 heteroatoms. The molecule has 1 aliphatic heterocycles. The smallest absolute Gasteiger partial charge is 0.341 e. The lowest BCUT2D eigenvalue weighted by Crippen LogP contribution is -2.47. The minimum absolute atomic E-state index is 0.0791. The quantitative estimate of drug-likeness (QED) is 0.799. The number of ether oxygens (including phenoxy) is 1. The number of carbonyl (C=O) groups excluding carboxylic acids is 2. The molecular weight excluding hydrogens is 314 g/mol. The molecule has 0 spiro atoms. The topological polar surface area (TPSA) is 61.9 Å². The maximum atomic E-state index is 12.3. The molecule has 1 amide bonds. The number of anilines is 1. The zero-order valence-corrected chi connectivity index (χ0v) is 14.9. The van der Waals surface area contributed by atoms with Gasteiger partial charge >= 0.3 is 5.97 Å². The molecule has 1 fully saturated rings. The summed E-state index contributed by atoms with van der Waals surface area (Å²) in [7, 11) is 2.08. The molecule has 0 radical (unpaired) electrons. The summed E-state index contributed by atoms with van der Waals surface area (Å²) in [5, 5.41) is 3.48. The molecule has 2 heterocycles. The van der Waals surface area contributed by atoms with E-state index in [1.54, 1.807) is 6.92 Å². The number of rotatable bonds is 6. The van der Waals surface area contributed by atoms with Crippen molar-refractivity contribution >= 4 is 28.2 Å². The number of hydrogen-bond donors (Lipinski definition) is 1. The zero-order chi connectivity index (χ0) is 16.8. The summed E-state index contributed by atoms with van der Waals surface area (Å²) < 4.78 is 5.07. The molecule has 6 nitrogen and oxygen atoms in total. The van der Waals surface area contributed by atoms with Crippen LogP contribution in [0.5, 0.6) is 0 Å². The van der Waals surface area contributed by atoms with Crippen molar-refractivity contribution < 1.29 is 14.3 Å². The number of aryl methyl sites for hydroxylation is 1. The number of hydrogen-bond acceptors (Lipinski definition) is 6. The summed E-state index contributed by atoms with van der Waals surface area (Å²) in [5.41, 5.74) is 0.459. The number of nitrogens with one attached hydrogen (secondary N) is 1. The van der Waals surface area contributed by atoms with E-state index in [1.807, 2.05) is 13.0 Å². The molecule has 0 saturated carbocycles. The van der Waals surface area contributed by atoms with Gasteiger partial charge in [0.1, 0.15) is 5.00 Å². The van der Waals surface area contributed by atoms with Crippen LogP contribution in [0.1, 0.15) is 29.1 Å². The number of nitrogens with zero attached hydrogens (tertiary/aromatic N) is 2. The minimum atomic E-state index is -0.377. The Morgan fingerprint density at radius 1 is 1.26 bits per heavy atom. The Kier molecular flexibility index (Phi) is 6.56. The second-order valence-electron chi connectivity index (χ2n) is 5.66. The third-order valence-corrected chi connectivity index (χ3v) is 5.04. The first-order valence-electron chi connectivity index (χ1n) is 8.04. The number of piperazine rings is 1. The highest BCUT2D eigenvalue weighted by molar-refractivity contribution is 7.16. The molecule has 128 valence electrons. The van der Waals surface area contributed by atoms with E-state index >= 15 is 0 Å². The summed E-state index contributed by atoms with van der Waals surface area (Å²) >= 11 is 1.44. The molecule has 1 aromatic heterocycles. The van der Waals surface area contributed by atoms with Gasteiger partial charge < -0.3 is 15.0 Å². The van der Waals surface area contributed by atoms with Gasteiger partial charge in [-0.05, 0) is 26.5 Å². The lowest BCUT2D eigenvalue weighted by atomic mass is 10.2. The van der Waals surface area contributed by atoms with Gasteiger partial charge in [-0.15, -0.1) is 11.3 Å². The number of esters is 1. The van der Waals surface area contributed by atoms with Crippen molar-refractivity contribution in [3.63, 3.8) is 0 Å². The minimum Gasteiger partial charge on any atom is -0.462 e. The van der Waals surface area contributed by atoms with E-state index in [-0.39, 0.29) is 11.9 Å². The summed E-state index contributed by atoms with van der Waals surface area (Å²) in [4.78, 5) is 29.7. The standard InChI is InChI=1S/C16H25N3O3S/c1-4-12-10-13(16(21)22-5-2)15(23-12)17-14(20)11-19-8-6-18(3)7-9-19/h10H,4-9,11H2,1-3H3,(H,17,20). The van der Waals surface area contributed by atoms with E-state index in [4.69, 9.17) is 4.74 Å². The number of amides is 1. The Morgan fingerprint density at radius 2 is 1.96 bits per heavy atom. The van der Waals surface area contributed by atoms with Crippen molar-refractivity contribution in [2.75, 3.05) is 51.7 Å². The molecule has 2 rings (SSSR count). The highest BCUT2D eigenvalue weighted by atomic mass is 32.1. The van der Waals surface area contributed by atoms with E-state index in [9.17, 15) is 9.59 Å². The van der Waals surface area contributed by atoms with Gasteiger partial charge in [0.25, 0.3) is 0 Å². The van der Waals surface area contributed by atoms with Crippen LogP contribution in [0.2, 0.25) is 0 Å². The Bertz CT molecular complexity index is 551. The molecule has 1 aliphatic rings. The van der Waals surface area contributed by atoms with Crippen molar-refractivity contribution in [3.05, 3.63) is 16.5 Å². The van der Waals surface area contributed by atoms with Crippen LogP contribution in [-0.2, 0) is 16.0 Å². The van der Waals surface area contributed by atoms with Crippen molar-refractivity contribution in [3.8, 4) is 0 Å². The second kappa shape index (κ2) is 8.42. The first-order chi connectivity index (χ1) is 11.0. The van der Waals surface area contributed by atoms with Crippen LogP contribution in [-0.4, -0.2) is 68.1 Å². The highest BCUT2D eigenvalue weighted by Gasteiger charge is 2.21. The Morgan fingerprint density at radius 3 is 2.57 bits per heavy atom. The van der Waals surface area contributed by atoms with Crippen molar-refractivity contribution in [2.45, 2.75) is 20.3 Å². The summed E-state index contributed by atoms with van der Waals surface area (Å²) in [6, 6.07) is 1.81. The van der Waals surface area contributed by atoms with Crippen LogP contribution in [0, 0.1) is 0 Å². The van der Waals surface area contributed by atoms with Crippen LogP contribution in [0.25, 0.3) is 0 Å². The van der Waals surface area contributed by atoms with Gasteiger partial charge in [-0.3, -0.25) is 9.69 Å². The van der Waals surface area contributed by atoms with Gasteiger partial charge in [-0.1, -0.05) is 6.92 Å². The molecule has 23 heavy (non-hydrogen) atoms. The van der Waals surface area contributed by atoms with Gasteiger partial charge in [0.2, 0.25) is 5.91 Å². The molecule has 0 aromatic carbocycles. The maximum absolute atomic E-state index is 12.3. The summed E-state index contributed by atoms with van der Waals surface area (Å²) in [6.45, 7) is 8.20. The van der Waals surface area contributed by atoms with E-state index < -0.39 is 0 Å². The molecular formula is C16H25N3O3S. The lowest BCUT2D eigenvalue weighted by molar-refractivity contribution is -0.117. The molecule has 0 bridgehead atoms. The maximum Gasteiger partial charge on any atom is 0.341 e. The fourth-order valence-electron chi connectivity index (χ4n) is 2.44. The van der Waals surface area contributed by atoms with Gasteiger partial charge in [-0.2, -0.15) is 0 Å². The molecule has 1 saturated heterocycles. The molecule has 1 N–H and O–H groups in total. The van der Waals surface area contributed by atoms with E-state index in [0.29, 0.717) is 23.7 Å². The summed E-state index contributed by atoms with van der Waals surface area (Å²) in [6.07, 6.45) is 0.825. The molecule has 0 aliphatic carbocycles. The predicted molar refractivity (Wildman–Crippen MR) is 92.2 cm³/mol. The molecule has 0 atom stereocenters. The average molecular weight is 339 g/mol. The van der Waals surface area contributed by atoms with Crippen LogP contribution in [0.3, 0.4) is 0 Å². The van der Waals surface area contributed by atoms with E-state index in [0.717, 1.165) is 37.5 Å². The first kappa shape index (κ1) is 17.9. The Balaban J connectivity index is 1.99. The van der Waals surface area contributed by atoms with Gasteiger partial charge in [0.05, 0.1) is 18.7 Å². The first-order valence-corrected chi connectivity index (χ1v) is 8.85. The largest absolute Gasteiger partial charge is 0.462 e. The van der Waals surface area contributed by atoms with Crippen molar-refractivity contribution in [1.29, 1.82) is 0 Å². The van der Waals surface area contributed by atoms with Crippen LogP contribution in [0.15, 0.2) is 6.07 Å². The number of likely N-dealkylation sites (N-methyl/N-ethyl adjacent to an activating group) is 1. The third kappa shape index (κ3) is 5.02. The van der Waals surface area contributed by atoms with Crippen molar-refractivity contribution in [2.24, 2.45) is 0 Å². The lowest BCUT2D eigenvalue weighted by Gasteiger charge is -2.31. The Labute approximate surface area is 141 Å².